The van der Waals surface area contributed by atoms with Gasteiger partial charge in [0.1, 0.15) is 11.5 Å². The number of benzene rings is 2. The number of aromatic amines is 1. The minimum Gasteiger partial charge on any atom is -0.508 e. The Hall–Kier alpha value is -3.67. The maximum Gasteiger partial charge on any atom is 0.302 e. The first-order chi connectivity index (χ1) is 13.4. The molecule has 0 aliphatic rings. The summed E-state index contributed by atoms with van der Waals surface area (Å²) in [4.78, 5) is 23.0. The van der Waals surface area contributed by atoms with Crippen LogP contribution in [-0.4, -0.2) is 20.1 Å². The predicted octanol–water partition coefficient (Wildman–Crippen LogP) is 4.14. The fourth-order valence-corrected chi connectivity index (χ4v) is 3.13. The van der Waals surface area contributed by atoms with Crippen LogP contribution >= 0.6 is 0 Å². The van der Waals surface area contributed by atoms with Crippen molar-refractivity contribution in [3.63, 3.8) is 0 Å². The van der Waals surface area contributed by atoms with Gasteiger partial charge in [-0.2, -0.15) is 4.98 Å². The molecule has 2 aromatic heterocycles. The van der Waals surface area contributed by atoms with Gasteiger partial charge >= 0.3 is 6.01 Å². The number of rotatable bonds is 4. The van der Waals surface area contributed by atoms with Crippen LogP contribution in [0.1, 0.15) is 25.0 Å². The number of nitrogens with one attached hydrogen (secondary N) is 1. The van der Waals surface area contributed by atoms with Crippen LogP contribution in [0, 0.1) is 0 Å². The van der Waals surface area contributed by atoms with E-state index >= 15 is 0 Å². The van der Waals surface area contributed by atoms with Gasteiger partial charge in [0.25, 0.3) is 5.56 Å². The van der Waals surface area contributed by atoms with Gasteiger partial charge in [-0.3, -0.25) is 14.8 Å². The van der Waals surface area contributed by atoms with E-state index in [9.17, 15) is 9.90 Å². The van der Waals surface area contributed by atoms with E-state index in [0.717, 1.165) is 11.1 Å². The lowest BCUT2D eigenvalue weighted by atomic mass is 9.78. The lowest BCUT2D eigenvalue weighted by Crippen LogP contribution is -2.18. The first-order valence-electron chi connectivity index (χ1n) is 8.85. The van der Waals surface area contributed by atoms with Gasteiger partial charge in [0, 0.05) is 11.6 Å². The molecule has 0 spiro atoms. The molecule has 0 aliphatic heterocycles. The van der Waals surface area contributed by atoms with Gasteiger partial charge in [-0.25, -0.2) is 0 Å². The van der Waals surface area contributed by atoms with Crippen LogP contribution in [0.2, 0.25) is 0 Å². The van der Waals surface area contributed by atoms with E-state index in [1.165, 1.54) is 6.20 Å². The van der Waals surface area contributed by atoms with Crippen molar-refractivity contribution in [1.82, 2.24) is 15.0 Å². The molecule has 0 unspecified atom stereocenters. The number of fused-ring (bicyclic) bond motifs is 1. The van der Waals surface area contributed by atoms with Gasteiger partial charge < -0.3 is 9.84 Å². The van der Waals surface area contributed by atoms with Gasteiger partial charge in [-0.05, 0) is 41.5 Å². The monoisotopic (exact) mass is 373 g/mol. The highest BCUT2D eigenvalue weighted by Gasteiger charge is 2.23. The van der Waals surface area contributed by atoms with E-state index in [2.05, 4.69) is 28.8 Å². The smallest absolute Gasteiger partial charge is 0.302 e. The Morgan fingerprint density at radius 3 is 2.57 bits per heavy atom. The summed E-state index contributed by atoms with van der Waals surface area (Å²) < 4.78 is 5.73. The highest BCUT2D eigenvalue weighted by atomic mass is 16.5. The first-order valence-corrected chi connectivity index (χ1v) is 8.85. The molecule has 140 valence electrons. The van der Waals surface area contributed by atoms with Crippen LogP contribution in [0.25, 0.3) is 10.9 Å². The summed E-state index contributed by atoms with van der Waals surface area (Å²) in [5.74, 6) is 0.799. The number of ether oxygens (including phenoxy) is 1. The molecule has 0 aliphatic carbocycles. The summed E-state index contributed by atoms with van der Waals surface area (Å²) in [6, 6.07) is 16.5. The number of aromatic hydroxyl groups is 1. The van der Waals surface area contributed by atoms with Crippen molar-refractivity contribution in [3.05, 3.63) is 88.5 Å². The Morgan fingerprint density at radius 1 is 1.04 bits per heavy atom. The number of phenols is 1. The third-order valence-electron chi connectivity index (χ3n) is 4.85. The molecule has 2 heterocycles. The molecule has 2 N–H and O–H groups in total. The molecule has 4 aromatic rings. The minimum atomic E-state index is -0.293. The lowest BCUT2D eigenvalue weighted by Gasteiger charge is -2.26. The third-order valence-corrected chi connectivity index (χ3v) is 4.85. The quantitative estimate of drug-likeness (QED) is 0.561. The van der Waals surface area contributed by atoms with Crippen molar-refractivity contribution in [2.75, 3.05) is 0 Å². The highest BCUT2D eigenvalue weighted by molar-refractivity contribution is 5.76. The number of hydrogen-bond donors (Lipinski definition) is 2. The van der Waals surface area contributed by atoms with E-state index in [4.69, 9.17) is 4.74 Å². The lowest BCUT2D eigenvalue weighted by molar-refractivity contribution is 0.442. The predicted molar refractivity (Wildman–Crippen MR) is 107 cm³/mol. The largest absolute Gasteiger partial charge is 0.508 e. The second-order valence-electron chi connectivity index (χ2n) is 7.07. The van der Waals surface area contributed by atoms with Gasteiger partial charge in [-0.15, -0.1) is 0 Å². The van der Waals surface area contributed by atoms with E-state index in [-0.39, 0.29) is 22.7 Å². The zero-order chi connectivity index (χ0) is 19.7. The summed E-state index contributed by atoms with van der Waals surface area (Å²) >= 11 is 0. The normalized spacial score (nSPS) is 11.5. The molecule has 0 bridgehead atoms. The molecule has 2 aromatic carbocycles. The standard InChI is InChI=1S/C22H19N3O3/c1-22(2,15-4-3-5-16(26)12-15)14-6-8-17(9-7-14)28-21-24-19-13-23-11-10-18(19)20(27)25-21/h3-13,26H,1-2H3,(H,24,25,27). The molecule has 0 atom stereocenters. The summed E-state index contributed by atoms with van der Waals surface area (Å²) in [7, 11) is 0. The van der Waals surface area contributed by atoms with Gasteiger partial charge in [0.15, 0.2) is 0 Å². The number of pyridine rings is 1. The number of H-pyrrole nitrogens is 1. The molecule has 0 saturated heterocycles. The number of hydrogen-bond acceptors (Lipinski definition) is 5. The molecule has 28 heavy (non-hydrogen) atoms. The fourth-order valence-electron chi connectivity index (χ4n) is 3.13. The van der Waals surface area contributed by atoms with Gasteiger partial charge in [0.2, 0.25) is 0 Å². The third kappa shape index (κ3) is 3.32. The minimum absolute atomic E-state index is 0.116. The van der Waals surface area contributed by atoms with Crippen molar-refractivity contribution < 1.29 is 9.84 Å². The second-order valence-corrected chi connectivity index (χ2v) is 7.07. The van der Waals surface area contributed by atoms with E-state index in [0.29, 0.717) is 16.7 Å². The molecule has 0 amide bonds. The Labute approximate surface area is 161 Å². The average molecular weight is 373 g/mol. The van der Waals surface area contributed by atoms with E-state index < -0.39 is 0 Å². The van der Waals surface area contributed by atoms with Crippen molar-refractivity contribution in [2.45, 2.75) is 19.3 Å². The number of aromatic nitrogens is 3. The second kappa shape index (κ2) is 6.81. The van der Waals surface area contributed by atoms with Crippen molar-refractivity contribution in [1.29, 1.82) is 0 Å². The maximum absolute atomic E-state index is 12.1. The van der Waals surface area contributed by atoms with Crippen LogP contribution in [0.4, 0.5) is 0 Å². The SMILES string of the molecule is CC(C)(c1ccc(Oc2nc3cnccc3c(=O)[nH]2)cc1)c1cccc(O)c1. The number of nitrogens with zero attached hydrogens (tertiary/aromatic N) is 2. The molecule has 0 saturated carbocycles. The van der Waals surface area contributed by atoms with Crippen LogP contribution in [0.5, 0.6) is 17.5 Å². The number of phenolic OH excluding ortho intramolecular Hbond substituents is 1. The molecular weight excluding hydrogens is 354 g/mol. The molecular formula is C22H19N3O3. The van der Waals surface area contributed by atoms with E-state index in [1.54, 1.807) is 24.4 Å². The zero-order valence-electron chi connectivity index (χ0n) is 15.5. The van der Waals surface area contributed by atoms with Crippen molar-refractivity contribution >= 4 is 10.9 Å². The molecule has 6 nitrogen and oxygen atoms in total. The van der Waals surface area contributed by atoms with Crippen LogP contribution in [0.3, 0.4) is 0 Å². The Morgan fingerprint density at radius 2 is 1.82 bits per heavy atom. The first kappa shape index (κ1) is 17.7. The average Bonchev–Trinajstić information content (AvgIpc) is 2.68. The maximum atomic E-state index is 12.1. The highest BCUT2D eigenvalue weighted by Crippen LogP contribution is 2.34. The Balaban J connectivity index is 1.61. The van der Waals surface area contributed by atoms with Gasteiger partial charge in [0.05, 0.1) is 17.1 Å². The Bertz CT molecular complexity index is 1200. The van der Waals surface area contributed by atoms with Crippen LogP contribution in [0.15, 0.2) is 71.8 Å². The van der Waals surface area contributed by atoms with Crippen LogP contribution < -0.4 is 10.3 Å². The van der Waals surface area contributed by atoms with Crippen molar-refractivity contribution in [3.8, 4) is 17.5 Å². The zero-order valence-corrected chi connectivity index (χ0v) is 15.5. The van der Waals surface area contributed by atoms with E-state index in [1.807, 2.05) is 36.4 Å². The topological polar surface area (TPSA) is 88.1 Å². The molecule has 0 fully saturated rings. The van der Waals surface area contributed by atoms with Crippen molar-refractivity contribution in [2.24, 2.45) is 0 Å². The van der Waals surface area contributed by atoms with Gasteiger partial charge in [-0.1, -0.05) is 38.1 Å². The Kier molecular flexibility index (Phi) is 4.31. The fraction of sp³-hybridized carbons (Fsp3) is 0.136. The summed E-state index contributed by atoms with van der Waals surface area (Å²) in [5.41, 5.74) is 1.98. The molecule has 6 heteroatoms. The van der Waals surface area contributed by atoms with Crippen LogP contribution in [-0.2, 0) is 5.41 Å². The molecule has 4 rings (SSSR count). The molecule has 0 radical (unpaired) electrons. The summed E-state index contributed by atoms with van der Waals surface area (Å²) in [6.07, 6.45) is 3.07. The summed E-state index contributed by atoms with van der Waals surface area (Å²) in [6.45, 7) is 4.18. The summed E-state index contributed by atoms with van der Waals surface area (Å²) in [5, 5.41) is 10.2.